The molecular weight excluding hydrogens is 488 g/mol. The van der Waals surface area contributed by atoms with Gasteiger partial charge in [0.1, 0.15) is 5.41 Å². The molecule has 0 bridgehead atoms. The number of nitrogens with one attached hydrogen (secondary N) is 1. The molecule has 8 heteroatoms. The van der Waals surface area contributed by atoms with Crippen molar-refractivity contribution < 1.29 is 13.2 Å². The molecule has 1 heterocycles. The molecule has 1 atom stereocenters. The molecule has 2 aromatic rings. The van der Waals surface area contributed by atoms with Gasteiger partial charge in [-0.1, -0.05) is 52.1 Å². The van der Waals surface area contributed by atoms with Crippen molar-refractivity contribution >= 4 is 44.8 Å². The van der Waals surface area contributed by atoms with Crippen LogP contribution in [0.2, 0.25) is 10.0 Å². The molecule has 1 N–H and O–H groups in total. The molecule has 1 fully saturated rings. The van der Waals surface area contributed by atoms with E-state index in [1.807, 2.05) is 18.2 Å². The summed E-state index contributed by atoms with van der Waals surface area (Å²) in [6.07, 6.45) is -3.43. The summed E-state index contributed by atoms with van der Waals surface area (Å²) in [5, 5.41) is 3.75. The Labute approximate surface area is 187 Å². The average Bonchev–Trinajstić information content (AvgIpc) is 3.09. The van der Waals surface area contributed by atoms with Crippen molar-refractivity contribution in [2.75, 3.05) is 24.5 Å². The Bertz CT molecular complexity index is 855. The van der Waals surface area contributed by atoms with Crippen molar-refractivity contribution in [2.45, 2.75) is 37.9 Å². The standard InChI is InChI=1S/C21H22BrCl2F3N2/c1-2-6-28-12-14-3-4-18(11-19(14)22)29-7-5-20(13-29,21(25,26)27)15-8-16(23)10-17(24)9-15/h3-4,8-11,28H,2,5-7,12-13H2,1H3. The Balaban J connectivity index is 1.88. The highest BCUT2D eigenvalue weighted by Crippen LogP contribution is 2.49. The number of anilines is 1. The summed E-state index contributed by atoms with van der Waals surface area (Å²) >= 11 is 15.6. The van der Waals surface area contributed by atoms with Gasteiger partial charge in [-0.05, 0) is 60.8 Å². The quantitative estimate of drug-likeness (QED) is 0.423. The van der Waals surface area contributed by atoms with Gasteiger partial charge in [0, 0.05) is 39.8 Å². The Hall–Kier alpha value is -0.950. The topological polar surface area (TPSA) is 15.3 Å². The molecule has 1 unspecified atom stereocenters. The van der Waals surface area contributed by atoms with Gasteiger partial charge in [-0.15, -0.1) is 0 Å². The van der Waals surface area contributed by atoms with Crippen LogP contribution in [0, 0.1) is 0 Å². The lowest BCUT2D eigenvalue weighted by atomic mass is 9.79. The summed E-state index contributed by atoms with van der Waals surface area (Å²) in [6.45, 7) is 3.84. The second-order valence-electron chi connectivity index (χ2n) is 7.36. The monoisotopic (exact) mass is 508 g/mol. The van der Waals surface area contributed by atoms with Gasteiger partial charge in [-0.25, -0.2) is 0 Å². The van der Waals surface area contributed by atoms with Crippen molar-refractivity contribution in [1.82, 2.24) is 5.32 Å². The predicted molar refractivity (Wildman–Crippen MR) is 117 cm³/mol. The van der Waals surface area contributed by atoms with Crippen molar-refractivity contribution in [2.24, 2.45) is 0 Å². The summed E-state index contributed by atoms with van der Waals surface area (Å²) < 4.78 is 43.6. The number of halogens is 6. The smallest absolute Gasteiger partial charge is 0.370 e. The average molecular weight is 510 g/mol. The molecule has 0 aromatic heterocycles. The summed E-state index contributed by atoms with van der Waals surface area (Å²) in [4.78, 5) is 1.77. The van der Waals surface area contributed by atoms with Gasteiger partial charge in [0.15, 0.2) is 0 Å². The number of nitrogens with zero attached hydrogens (tertiary/aromatic N) is 1. The Morgan fingerprint density at radius 1 is 1.14 bits per heavy atom. The van der Waals surface area contributed by atoms with Gasteiger partial charge >= 0.3 is 6.18 Å². The molecule has 0 aliphatic carbocycles. The van der Waals surface area contributed by atoms with Crippen LogP contribution in [-0.4, -0.2) is 25.8 Å². The maximum Gasteiger partial charge on any atom is 0.400 e. The lowest BCUT2D eigenvalue weighted by Crippen LogP contribution is -2.44. The first kappa shape index (κ1) is 22.7. The van der Waals surface area contributed by atoms with E-state index in [0.717, 1.165) is 28.7 Å². The van der Waals surface area contributed by atoms with Crippen LogP contribution in [0.1, 0.15) is 30.9 Å². The molecule has 0 spiro atoms. The first-order valence-corrected chi connectivity index (χ1v) is 11.0. The van der Waals surface area contributed by atoms with E-state index in [0.29, 0.717) is 13.1 Å². The van der Waals surface area contributed by atoms with Crippen molar-refractivity contribution in [1.29, 1.82) is 0 Å². The van der Waals surface area contributed by atoms with Gasteiger partial charge < -0.3 is 10.2 Å². The highest BCUT2D eigenvalue weighted by Gasteiger charge is 2.59. The molecule has 3 rings (SSSR count). The fraction of sp³-hybridized carbons (Fsp3) is 0.429. The van der Waals surface area contributed by atoms with E-state index in [1.165, 1.54) is 18.2 Å². The number of hydrogen-bond donors (Lipinski definition) is 1. The van der Waals surface area contributed by atoms with Crippen LogP contribution in [0.4, 0.5) is 18.9 Å². The molecule has 0 saturated carbocycles. The number of alkyl halides is 3. The van der Waals surface area contributed by atoms with E-state index < -0.39 is 11.6 Å². The van der Waals surface area contributed by atoms with Crippen LogP contribution in [0.15, 0.2) is 40.9 Å². The van der Waals surface area contributed by atoms with E-state index >= 15 is 0 Å². The third-order valence-corrected chi connectivity index (χ3v) is 6.55. The third-order valence-electron chi connectivity index (χ3n) is 5.37. The van der Waals surface area contributed by atoms with Gasteiger partial charge in [0.25, 0.3) is 0 Å². The van der Waals surface area contributed by atoms with Gasteiger partial charge in [0.2, 0.25) is 0 Å². The first-order chi connectivity index (χ1) is 13.7. The van der Waals surface area contributed by atoms with Gasteiger partial charge in [-0.2, -0.15) is 13.2 Å². The molecule has 2 aromatic carbocycles. The molecule has 0 radical (unpaired) electrons. The second kappa shape index (κ2) is 9.04. The first-order valence-electron chi connectivity index (χ1n) is 9.43. The summed E-state index contributed by atoms with van der Waals surface area (Å²) in [5.41, 5.74) is -0.0556. The number of benzene rings is 2. The third kappa shape index (κ3) is 4.87. The highest BCUT2D eigenvalue weighted by atomic mass is 79.9. The van der Waals surface area contributed by atoms with Gasteiger partial charge in [-0.3, -0.25) is 0 Å². The number of hydrogen-bond acceptors (Lipinski definition) is 2. The van der Waals surface area contributed by atoms with E-state index in [4.69, 9.17) is 23.2 Å². The molecular formula is C21H22BrCl2F3N2. The summed E-state index contributed by atoms with van der Waals surface area (Å²) in [7, 11) is 0. The van der Waals surface area contributed by atoms with Crippen LogP contribution >= 0.6 is 39.1 Å². The summed E-state index contributed by atoms with van der Waals surface area (Å²) in [6, 6.07) is 9.93. The van der Waals surface area contributed by atoms with Crippen LogP contribution in [0.5, 0.6) is 0 Å². The van der Waals surface area contributed by atoms with E-state index in [2.05, 4.69) is 28.2 Å². The molecule has 0 amide bonds. The maximum atomic E-state index is 14.2. The lowest BCUT2D eigenvalue weighted by Gasteiger charge is -2.33. The fourth-order valence-corrected chi connectivity index (χ4v) is 4.80. The van der Waals surface area contributed by atoms with Crippen molar-refractivity contribution in [3.8, 4) is 0 Å². The van der Waals surface area contributed by atoms with Gasteiger partial charge in [0.05, 0.1) is 0 Å². The van der Waals surface area contributed by atoms with E-state index in [-0.39, 0.29) is 28.6 Å². The van der Waals surface area contributed by atoms with Crippen LogP contribution in [0.3, 0.4) is 0 Å². The Morgan fingerprint density at radius 3 is 2.41 bits per heavy atom. The van der Waals surface area contributed by atoms with E-state index in [9.17, 15) is 13.2 Å². The van der Waals surface area contributed by atoms with Crippen molar-refractivity contribution in [3.63, 3.8) is 0 Å². The van der Waals surface area contributed by atoms with Crippen LogP contribution in [0.25, 0.3) is 0 Å². The molecule has 158 valence electrons. The highest BCUT2D eigenvalue weighted by molar-refractivity contribution is 9.10. The lowest BCUT2D eigenvalue weighted by molar-refractivity contribution is -0.184. The zero-order valence-corrected chi connectivity index (χ0v) is 19.0. The molecule has 1 aliphatic rings. The zero-order valence-electron chi connectivity index (χ0n) is 15.9. The largest absolute Gasteiger partial charge is 0.400 e. The predicted octanol–water partition coefficient (Wildman–Crippen LogP) is 6.97. The molecule has 1 saturated heterocycles. The normalized spacial score (nSPS) is 19.8. The SMILES string of the molecule is CCCNCc1ccc(N2CCC(c3cc(Cl)cc(Cl)c3)(C(F)(F)F)C2)cc1Br. The van der Waals surface area contributed by atoms with Crippen LogP contribution in [-0.2, 0) is 12.0 Å². The summed E-state index contributed by atoms with van der Waals surface area (Å²) in [5.74, 6) is 0. The van der Waals surface area contributed by atoms with E-state index in [1.54, 1.807) is 4.90 Å². The van der Waals surface area contributed by atoms with Crippen LogP contribution < -0.4 is 10.2 Å². The molecule has 1 aliphatic heterocycles. The Kier molecular flexibility index (Phi) is 7.09. The number of rotatable bonds is 6. The maximum absolute atomic E-state index is 14.2. The minimum atomic E-state index is -4.42. The zero-order chi connectivity index (χ0) is 21.2. The minimum absolute atomic E-state index is 0.0510. The second-order valence-corrected chi connectivity index (χ2v) is 9.09. The molecule has 29 heavy (non-hydrogen) atoms. The van der Waals surface area contributed by atoms with Crippen molar-refractivity contribution in [3.05, 3.63) is 62.0 Å². The molecule has 2 nitrogen and oxygen atoms in total. The fourth-order valence-electron chi connectivity index (χ4n) is 3.77. The minimum Gasteiger partial charge on any atom is -0.370 e. The Morgan fingerprint density at radius 2 is 1.83 bits per heavy atom.